The number of nitrogens with one attached hydrogen (secondary N) is 2. The summed E-state index contributed by atoms with van der Waals surface area (Å²) in [6, 6.07) is 7.55. The van der Waals surface area contributed by atoms with Crippen molar-refractivity contribution in [2.24, 2.45) is 10.9 Å². The van der Waals surface area contributed by atoms with Gasteiger partial charge in [-0.25, -0.2) is 4.99 Å². The van der Waals surface area contributed by atoms with Crippen molar-refractivity contribution in [2.45, 2.75) is 33.2 Å². The van der Waals surface area contributed by atoms with E-state index in [0.717, 1.165) is 37.1 Å². The summed E-state index contributed by atoms with van der Waals surface area (Å²) in [5.74, 6) is 1.55. The zero-order valence-electron chi connectivity index (χ0n) is 17.3. The average Bonchev–Trinajstić information content (AvgIpc) is 2.72. The van der Waals surface area contributed by atoms with Gasteiger partial charge in [-0.1, -0.05) is 19.1 Å². The number of benzene rings is 1. The Morgan fingerprint density at radius 1 is 1.17 bits per heavy atom. The van der Waals surface area contributed by atoms with Gasteiger partial charge >= 0.3 is 0 Å². The van der Waals surface area contributed by atoms with E-state index in [-0.39, 0.29) is 42.3 Å². The highest BCUT2D eigenvalue weighted by Gasteiger charge is 2.22. The van der Waals surface area contributed by atoms with E-state index in [9.17, 15) is 9.59 Å². The molecule has 2 saturated heterocycles. The van der Waals surface area contributed by atoms with Crippen molar-refractivity contribution in [1.29, 1.82) is 0 Å². The maximum absolute atomic E-state index is 12.5. The first-order chi connectivity index (χ1) is 13.6. The molecule has 8 heteroatoms. The number of piperazine rings is 1. The molecule has 1 aromatic carbocycles. The zero-order chi connectivity index (χ0) is 19.9. The van der Waals surface area contributed by atoms with Crippen molar-refractivity contribution in [1.82, 2.24) is 20.4 Å². The summed E-state index contributed by atoms with van der Waals surface area (Å²) in [6.07, 6.45) is 2.41. The summed E-state index contributed by atoms with van der Waals surface area (Å²) < 4.78 is 0. The van der Waals surface area contributed by atoms with E-state index < -0.39 is 0 Å². The quantitative estimate of drug-likeness (QED) is 0.367. The first-order valence-corrected chi connectivity index (χ1v) is 10.2. The van der Waals surface area contributed by atoms with Gasteiger partial charge in [-0.3, -0.25) is 9.59 Å². The third-order valence-corrected chi connectivity index (χ3v) is 5.36. The van der Waals surface area contributed by atoms with Gasteiger partial charge in [0.25, 0.3) is 5.91 Å². The predicted molar refractivity (Wildman–Crippen MR) is 126 cm³/mol. The maximum atomic E-state index is 12.5. The van der Waals surface area contributed by atoms with Crippen molar-refractivity contribution >= 4 is 41.8 Å². The van der Waals surface area contributed by atoms with Crippen molar-refractivity contribution < 1.29 is 9.59 Å². The number of aliphatic imine (C=N–C) groups is 1. The summed E-state index contributed by atoms with van der Waals surface area (Å²) in [5.41, 5.74) is 1.67. The Morgan fingerprint density at radius 3 is 2.48 bits per heavy atom. The summed E-state index contributed by atoms with van der Waals surface area (Å²) in [4.78, 5) is 32.7. The van der Waals surface area contributed by atoms with E-state index >= 15 is 0 Å². The van der Waals surface area contributed by atoms with E-state index in [4.69, 9.17) is 4.99 Å². The number of likely N-dealkylation sites (tertiary alicyclic amines) is 1. The second-order valence-corrected chi connectivity index (χ2v) is 7.61. The van der Waals surface area contributed by atoms with Crippen molar-refractivity contribution in [2.75, 3.05) is 39.3 Å². The van der Waals surface area contributed by atoms with Gasteiger partial charge in [0, 0.05) is 38.3 Å². The molecule has 2 heterocycles. The molecule has 2 fully saturated rings. The Bertz CT molecular complexity index is 714. The standard InChI is InChI=1S/C21H31N5O2.HI/c1-3-22-21(25-11-8-16(2)9-12-25)24-14-17-4-6-18(7-5-17)20(28)26-13-10-23-19(27)15-26;/h4-7,16H,3,8-15H2,1-2H3,(H,22,24)(H,23,27);1H. The second kappa shape index (κ2) is 11.4. The van der Waals surface area contributed by atoms with Gasteiger partial charge in [-0.05, 0) is 43.4 Å². The van der Waals surface area contributed by atoms with Gasteiger partial charge in [0.2, 0.25) is 5.91 Å². The molecule has 2 aliphatic rings. The van der Waals surface area contributed by atoms with Crippen LogP contribution in [0.1, 0.15) is 42.6 Å². The maximum Gasteiger partial charge on any atom is 0.254 e. The lowest BCUT2D eigenvalue weighted by Crippen LogP contribution is -2.49. The molecular formula is C21H32IN5O2. The minimum atomic E-state index is -0.103. The molecule has 0 spiro atoms. The lowest BCUT2D eigenvalue weighted by Gasteiger charge is -2.33. The number of hydrogen-bond donors (Lipinski definition) is 2. The van der Waals surface area contributed by atoms with Crippen molar-refractivity contribution in [3.8, 4) is 0 Å². The van der Waals surface area contributed by atoms with Crippen LogP contribution in [0.5, 0.6) is 0 Å². The first-order valence-electron chi connectivity index (χ1n) is 10.2. The highest BCUT2D eigenvalue weighted by molar-refractivity contribution is 14.0. The summed E-state index contributed by atoms with van der Waals surface area (Å²) in [6.45, 7) is 9.11. The molecule has 0 unspecified atom stereocenters. The summed E-state index contributed by atoms with van der Waals surface area (Å²) in [7, 11) is 0. The van der Waals surface area contributed by atoms with Gasteiger partial charge in [0.05, 0.1) is 13.1 Å². The Morgan fingerprint density at radius 2 is 1.86 bits per heavy atom. The Labute approximate surface area is 190 Å². The van der Waals surface area contributed by atoms with Crippen LogP contribution >= 0.6 is 24.0 Å². The van der Waals surface area contributed by atoms with E-state index in [1.807, 2.05) is 24.3 Å². The molecule has 0 aliphatic carbocycles. The Balaban J connectivity index is 0.00000300. The lowest BCUT2D eigenvalue weighted by atomic mass is 10.00. The van der Waals surface area contributed by atoms with Crippen molar-refractivity contribution in [3.63, 3.8) is 0 Å². The first kappa shape index (κ1) is 23.4. The largest absolute Gasteiger partial charge is 0.357 e. The Kier molecular flexibility index (Phi) is 9.19. The van der Waals surface area contributed by atoms with Crippen LogP contribution in [0.15, 0.2) is 29.3 Å². The van der Waals surface area contributed by atoms with E-state index in [1.165, 1.54) is 12.8 Å². The number of carbonyl (C=O) groups is 2. The number of piperidine rings is 1. The molecule has 2 amide bonds. The summed E-state index contributed by atoms with van der Waals surface area (Å²) in [5, 5.41) is 6.13. The monoisotopic (exact) mass is 513 g/mol. The number of nitrogens with zero attached hydrogens (tertiary/aromatic N) is 3. The minimum absolute atomic E-state index is 0. The van der Waals surface area contributed by atoms with Crippen LogP contribution < -0.4 is 10.6 Å². The third kappa shape index (κ3) is 6.58. The van der Waals surface area contributed by atoms with Crippen LogP contribution in [-0.2, 0) is 11.3 Å². The van der Waals surface area contributed by atoms with Gasteiger partial charge in [0.15, 0.2) is 5.96 Å². The zero-order valence-corrected chi connectivity index (χ0v) is 19.6. The lowest BCUT2D eigenvalue weighted by molar-refractivity contribution is -0.123. The van der Waals surface area contributed by atoms with Gasteiger partial charge in [-0.2, -0.15) is 0 Å². The number of halogens is 1. The molecule has 0 aromatic heterocycles. The molecular weight excluding hydrogens is 481 g/mol. The number of guanidine groups is 1. The highest BCUT2D eigenvalue weighted by atomic mass is 127. The van der Waals surface area contributed by atoms with Crippen LogP contribution in [0.3, 0.4) is 0 Å². The summed E-state index contributed by atoms with van der Waals surface area (Å²) >= 11 is 0. The van der Waals surface area contributed by atoms with Crippen LogP contribution in [0.4, 0.5) is 0 Å². The van der Waals surface area contributed by atoms with E-state index in [2.05, 4.69) is 29.4 Å². The number of carbonyl (C=O) groups excluding carboxylic acids is 2. The fourth-order valence-corrected chi connectivity index (χ4v) is 3.56. The SMILES string of the molecule is CCNC(=NCc1ccc(C(=O)N2CCNC(=O)C2)cc1)N1CCC(C)CC1.I. The number of amides is 2. The topological polar surface area (TPSA) is 77.0 Å². The fraction of sp³-hybridized carbons (Fsp3) is 0.571. The fourth-order valence-electron chi connectivity index (χ4n) is 3.56. The van der Waals surface area contributed by atoms with Gasteiger partial charge in [0.1, 0.15) is 0 Å². The predicted octanol–water partition coefficient (Wildman–Crippen LogP) is 2.07. The Hall–Kier alpha value is -1.84. The normalized spacial score (nSPS) is 18.1. The van der Waals surface area contributed by atoms with Crippen molar-refractivity contribution in [3.05, 3.63) is 35.4 Å². The molecule has 0 bridgehead atoms. The van der Waals surface area contributed by atoms with E-state index in [0.29, 0.717) is 25.2 Å². The second-order valence-electron chi connectivity index (χ2n) is 7.61. The molecule has 2 aliphatic heterocycles. The minimum Gasteiger partial charge on any atom is -0.357 e. The average molecular weight is 513 g/mol. The van der Waals surface area contributed by atoms with Crippen LogP contribution in [0.2, 0.25) is 0 Å². The molecule has 29 heavy (non-hydrogen) atoms. The molecule has 2 N–H and O–H groups in total. The molecule has 160 valence electrons. The third-order valence-electron chi connectivity index (χ3n) is 5.36. The van der Waals surface area contributed by atoms with Crippen LogP contribution in [-0.4, -0.2) is 66.8 Å². The van der Waals surface area contributed by atoms with Crippen LogP contribution in [0, 0.1) is 5.92 Å². The smallest absolute Gasteiger partial charge is 0.254 e. The van der Waals surface area contributed by atoms with Crippen LogP contribution in [0.25, 0.3) is 0 Å². The van der Waals surface area contributed by atoms with Gasteiger partial charge < -0.3 is 20.4 Å². The molecule has 0 saturated carbocycles. The molecule has 0 radical (unpaired) electrons. The molecule has 7 nitrogen and oxygen atoms in total. The molecule has 1 aromatic rings. The highest BCUT2D eigenvalue weighted by Crippen LogP contribution is 2.16. The number of rotatable bonds is 4. The number of hydrogen-bond acceptors (Lipinski definition) is 3. The molecule has 3 rings (SSSR count). The van der Waals surface area contributed by atoms with E-state index in [1.54, 1.807) is 4.90 Å². The molecule has 0 atom stereocenters. The van der Waals surface area contributed by atoms with Gasteiger partial charge in [-0.15, -0.1) is 24.0 Å².